The molecule has 1 heterocycles. The summed E-state index contributed by atoms with van der Waals surface area (Å²) in [4.78, 5) is 35.5. The van der Waals surface area contributed by atoms with Crippen LogP contribution in [0.15, 0.2) is 17.4 Å². The number of aliphatic carboxylic acids is 1. The average molecular weight is 307 g/mol. The lowest BCUT2D eigenvalue weighted by Gasteiger charge is -2.15. The van der Waals surface area contributed by atoms with Gasteiger partial charge in [0, 0.05) is 0 Å². The van der Waals surface area contributed by atoms with Gasteiger partial charge in [-0.15, -0.1) is 6.58 Å². The molecule has 0 spiro atoms. The normalized spacial score (nSPS) is 11.7. The Kier molecular flexibility index (Phi) is 6.49. The lowest BCUT2D eigenvalue weighted by molar-refractivity contribution is -0.139. The highest BCUT2D eigenvalue weighted by Gasteiger charge is 2.24. The van der Waals surface area contributed by atoms with Crippen LogP contribution in [0.4, 0.5) is 0 Å². The van der Waals surface area contributed by atoms with Crippen LogP contribution >= 0.6 is 0 Å². The predicted octanol–water partition coefficient (Wildman–Crippen LogP) is 1.04. The minimum atomic E-state index is -1.14. The fourth-order valence-electron chi connectivity index (χ4n) is 2.21. The van der Waals surface area contributed by atoms with Gasteiger partial charge in [0.2, 0.25) is 0 Å². The second kappa shape index (κ2) is 8.11. The number of aromatic nitrogens is 2. The number of rotatable bonds is 8. The number of nitrogens with one attached hydrogen (secondary N) is 2. The third kappa shape index (κ3) is 4.03. The SMILES string of the molecule is C=CCCC(NC(=O)c1c(CC)c(CC)n[nH]c1=O)C(=O)O. The van der Waals surface area contributed by atoms with E-state index in [1.165, 1.54) is 0 Å². The van der Waals surface area contributed by atoms with Crippen molar-refractivity contribution in [2.75, 3.05) is 0 Å². The van der Waals surface area contributed by atoms with E-state index in [0.717, 1.165) is 0 Å². The molecule has 1 aromatic heterocycles. The van der Waals surface area contributed by atoms with Crippen molar-refractivity contribution in [1.82, 2.24) is 15.5 Å². The Balaban J connectivity index is 3.13. The van der Waals surface area contributed by atoms with Crippen molar-refractivity contribution < 1.29 is 14.7 Å². The molecular formula is C15H21N3O4. The fourth-order valence-corrected chi connectivity index (χ4v) is 2.21. The topological polar surface area (TPSA) is 112 Å². The Morgan fingerprint density at radius 3 is 2.59 bits per heavy atom. The molecule has 22 heavy (non-hydrogen) atoms. The zero-order chi connectivity index (χ0) is 16.7. The number of amides is 1. The summed E-state index contributed by atoms with van der Waals surface area (Å²) in [7, 11) is 0. The van der Waals surface area contributed by atoms with Crippen molar-refractivity contribution >= 4 is 11.9 Å². The molecule has 0 saturated carbocycles. The maximum absolute atomic E-state index is 12.3. The van der Waals surface area contributed by atoms with Crippen LogP contribution in [0, 0.1) is 0 Å². The molecule has 0 fully saturated rings. The van der Waals surface area contributed by atoms with Gasteiger partial charge in [-0.1, -0.05) is 19.9 Å². The summed E-state index contributed by atoms with van der Waals surface area (Å²) >= 11 is 0. The molecule has 0 saturated heterocycles. The minimum absolute atomic E-state index is 0.0563. The van der Waals surface area contributed by atoms with Crippen LogP contribution in [-0.2, 0) is 17.6 Å². The van der Waals surface area contributed by atoms with Crippen molar-refractivity contribution in [3.05, 3.63) is 39.8 Å². The highest BCUT2D eigenvalue weighted by atomic mass is 16.4. The van der Waals surface area contributed by atoms with Gasteiger partial charge in [-0.2, -0.15) is 5.10 Å². The number of nitrogens with zero attached hydrogens (tertiary/aromatic N) is 1. The number of allylic oxidation sites excluding steroid dienone is 1. The Bertz CT molecular complexity index is 622. The van der Waals surface area contributed by atoms with Gasteiger partial charge in [-0.25, -0.2) is 9.89 Å². The highest BCUT2D eigenvalue weighted by molar-refractivity contribution is 5.97. The first-order chi connectivity index (χ1) is 10.5. The van der Waals surface area contributed by atoms with E-state index < -0.39 is 23.5 Å². The van der Waals surface area contributed by atoms with Gasteiger partial charge in [0.05, 0.1) is 5.69 Å². The molecule has 7 nitrogen and oxygen atoms in total. The molecule has 1 amide bonds. The quantitative estimate of drug-likeness (QED) is 0.621. The number of carbonyl (C=O) groups is 2. The number of hydrogen-bond acceptors (Lipinski definition) is 4. The summed E-state index contributed by atoms with van der Waals surface area (Å²) in [6.45, 7) is 7.21. The van der Waals surface area contributed by atoms with Gasteiger partial charge in [-0.05, 0) is 31.2 Å². The Morgan fingerprint density at radius 2 is 2.09 bits per heavy atom. The molecule has 0 bridgehead atoms. The standard InChI is InChI=1S/C15H21N3O4/c1-4-7-8-11(15(21)22)16-13(19)12-9(5-2)10(6-3)17-18-14(12)20/h4,11H,1,5-8H2,2-3H3,(H,16,19)(H,18,20)(H,21,22). The molecule has 0 radical (unpaired) electrons. The molecule has 0 aliphatic rings. The van der Waals surface area contributed by atoms with Crippen LogP contribution < -0.4 is 10.9 Å². The molecule has 120 valence electrons. The monoisotopic (exact) mass is 307 g/mol. The lowest BCUT2D eigenvalue weighted by Crippen LogP contribution is -2.43. The van der Waals surface area contributed by atoms with E-state index in [1.54, 1.807) is 6.08 Å². The molecule has 0 aliphatic carbocycles. The number of hydrogen-bond donors (Lipinski definition) is 3. The first-order valence-electron chi connectivity index (χ1n) is 7.21. The Labute approximate surface area is 128 Å². The number of carbonyl (C=O) groups excluding carboxylic acids is 1. The first-order valence-corrected chi connectivity index (χ1v) is 7.21. The zero-order valence-electron chi connectivity index (χ0n) is 12.8. The maximum atomic E-state index is 12.3. The molecule has 1 aromatic rings. The molecule has 0 aliphatic heterocycles. The van der Waals surface area contributed by atoms with Gasteiger partial charge >= 0.3 is 5.97 Å². The number of aromatic amines is 1. The Morgan fingerprint density at radius 1 is 1.41 bits per heavy atom. The van der Waals surface area contributed by atoms with E-state index in [2.05, 4.69) is 22.1 Å². The van der Waals surface area contributed by atoms with Crippen LogP contribution in [0.5, 0.6) is 0 Å². The summed E-state index contributed by atoms with van der Waals surface area (Å²) in [6, 6.07) is -1.06. The summed E-state index contributed by atoms with van der Waals surface area (Å²) < 4.78 is 0. The number of carboxylic acids is 1. The average Bonchev–Trinajstić information content (AvgIpc) is 2.50. The van der Waals surface area contributed by atoms with Gasteiger partial charge in [-0.3, -0.25) is 9.59 Å². The van der Waals surface area contributed by atoms with Crippen molar-refractivity contribution in [2.24, 2.45) is 0 Å². The summed E-state index contributed by atoms with van der Waals surface area (Å²) in [6.07, 6.45) is 3.28. The smallest absolute Gasteiger partial charge is 0.326 e. The third-order valence-corrected chi connectivity index (χ3v) is 3.35. The molecular weight excluding hydrogens is 286 g/mol. The number of H-pyrrole nitrogens is 1. The van der Waals surface area contributed by atoms with E-state index >= 15 is 0 Å². The van der Waals surface area contributed by atoms with Crippen LogP contribution in [-0.4, -0.2) is 33.2 Å². The number of aryl methyl sites for hydroxylation is 1. The minimum Gasteiger partial charge on any atom is -0.480 e. The first kappa shape index (κ1) is 17.6. The van der Waals surface area contributed by atoms with Crippen molar-refractivity contribution in [1.29, 1.82) is 0 Å². The molecule has 0 aromatic carbocycles. The van der Waals surface area contributed by atoms with Crippen LogP contribution in [0.1, 0.15) is 48.3 Å². The maximum Gasteiger partial charge on any atom is 0.326 e. The van der Waals surface area contributed by atoms with Crippen LogP contribution in [0.2, 0.25) is 0 Å². The summed E-state index contributed by atoms with van der Waals surface area (Å²) in [5.74, 6) is -1.83. The van der Waals surface area contributed by atoms with Crippen molar-refractivity contribution in [2.45, 2.75) is 45.6 Å². The molecule has 1 unspecified atom stereocenters. The second-order valence-electron chi connectivity index (χ2n) is 4.79. The van der Waals surface area contributed by atoms with Crippen molar-refractivity contribution in [3.63, 3.8) is 0 Å². The second-order valence-corrected chi connectivity index (χ2v) is 4.79. The molecule has 7 heteroatoms. The van der Waals surface area contributed by atoms with Gasteiger partial charge in [0.25, 0.3) is 11.5 Å². The zero-order valence-corrected chi connectivity index (χ0v) is 12.8. The highest BCUT2D eigenvalue weighted by Crippen LogP contribution is 2.11. The molecule has 1 rings (SSSR count). The van der Waals surface area contributed by atoms with Gasteiger partial charge < -0.3 is 10.4 Å². The van der Waals surface area contributed by atoms with E-state index in [0.29, 0.717) is 30.5 Å². The summed E-state index contributed by atoms with van der Waals surface area (Å²) in [5.41, 5.74) is 0.514. The van der Waals surface area contributed by atoms with E-state index in [-0.39, 0.29) is 12.0 Å². The molecule has 1 atom stereocenters. The Hall–Kier alpha value is -2.44. The van der Waals surface area contributed by atoms with E-state index in [9.17, 15) is 14.4 Å². The van der Waals surface area contributed by atoms with E-state index in [4.69, 9.17) is 5.11 Å². The van der Waals surface area contributed by atoms with Gasteiger partial charge in [0.1, 0.15) is 11.6 Å². The summed E-state index contributed by atoms with van der Waals surface area (Å²) in [5, 5.41) is 17.8. The predicted molar refractivity (Wildman–Crippen MR) is 81.9 cm³/mol. The van der Waals surface area contributed by atoms with E-state index in [1.807, 2.05) is 13.8 Å². The molecule has 3 N–H and O–H groups in total. The number of carboxylic acid groups (broad SMARTS) is 1. The van der Waals surface area contributed by atoms with Crippen molar-refractivity contribution in [3.8, 4) is 0 Å². The largest absolute Gasteiger partial charge is 0.480 e. The van der Waals surface area contributed by atoms with Crippen LogP contribution in [0.3, 0.4) is 0 Å². The fraction of sp³-hybridized carbons (Fsp3) is 0.467. The van der Waals surface area contributed by atoms with Gasteiger partial charge in [0.15, 0.2) is 0 Å². The third-order valence-electron chi connectivity index (χ3n) is 3.35. The van der Waals surface area contributed by atoms with Crippen LogP contribution in [0.25, 0.3) is 0 Å². The lowest BCUT2D eigenvalue weighted by atomic mass is 10.0.